The topological polar surface area (TPSA) is 74.6 Å². The second-order valence-electron chi connectivity index (χ2n) is 9.35. The van der Waals surface area contributed by atoms with Crippen LogP contribution in [0.25, 0.3) is 0 Å². The van der Waals surface area contributed by atoms with Gasteiger partial charge in [0.1, 0.15) is 0 Å². The number of carboxylic acid groups (broad SMARTS) is 1. The third-order valence-corrected chi connectivity index (χ3v) is 8.78. The maximum Gasteiger partial charge on any atom is 0.332 e. The molecule has 0 saturated heterocycles. The molecule has 0 bridgehead atoms. The van der Waals surface area contributed by atoms with Crippen LogP contribution in [0.5, 0.6) is 0 Å². The maximum atomic E-state index is 12.0. The van der Waals surface area contributed by atoms with Crippen LogP contribution in [0.2, 0.25) is 0 Å². The predicted octanol–water partition coefficient (Wildman–Crippen LogP) is 3.75. The number of ketones is 1. The van der Waals surface area contributed by atoms with Gasteiger partial charge >= 0.3 is 5.97 Å². The number of aliphatic hydroxyl groups is 1. The molecule has 0 aromatic rings. The Morgan fingerprint density at radius 2 is 1.92 bits per heavy atom. The summed E-state index contributed by atoms with van der Waals surface area (Å²) in [6.45, 7) is 6.49. The number of carbonyl (C=O) groups excluding carboxylic acids is 1. The fourth-order valence-electron chi connectivity index (χ4n) is 7.36. The molecule has 0 amide bonds. The van der Waals surface area contributed by atoms with Crippen LogP contribution in [0, 0.1) is 34.5 Å². The van der Waals surface area contributed by atoms with Gasteiger partial charge in [-0.3, -0.25) is 4.79 Å². The van der Waals surface area contributed by atoms with Crippen molar-refractivity contribution >= 4 is 11.8 Å². The molecule has 0 aliphatic heterocycles. The fourth-order valence-corrected chi connectivity index (χ4v) is 7.36. The number of aliphatic carboxylic acids is 1. The Morgan fingerprint density at radius 1 is 1.19 bits per heavy atom. The van der Waals surface area contributed by atoms with Gasteiger partial charge < -0.3 is 10.2 Å². The molecule has 1 unspecified atom stereocenters. The SMILES string of the molecule is CC[C@H]1CC[C@H]2[C@@H]3CCC4=CC(=O)C=C(C(=O)O)[C@]4(C)[C@H]3CC(O)[C@]12C. The second kappa shape index (κ2) is 5.79. The lowest BCUT2D eigenvalue weighted by Crippen LogP contribution is -2.57. The summed E-state index contributed by atoms with van der Waals surface area (Å²) < 4.78 is 0. The molecule has 4 aliphatic carbocycles. The van der Waals surface area contributed by atoms with Crippen LogP contribution >= 0.6 is 0 Å². The molecule has 4 aliphatic rings. The third kappa shape index (κ3) is 2.11. The smallest absolute Gasteiger partial charge is 0.332 e. The van der Waals surface area contributed by atoms with Gasteiger partial charge in [0.15, 0.2) is 5.78 Å². The molecule has 26 heavy (non-hydrogen) atoms. The van der Waals surface area contributed by atoms with Crippen LogP contribution < -0.4 is 0 Å². The Kier molecular flexibility index (Phi) is 4.00. The van der Waals surface area contributed by atoms with E-state index < -0.39 is 17.5 Å². The number of carboxylic acids is 1. The van der Waals surface area contributed by atoms with Gasteiger partial charge in [0.05, 0.1) is 11.7 Å². The van der Waals surface area contributed by atoms with Crippen LogP contribution in [-0.4, -0.2) is 28.1 Å². The molecule has 142 valence electrons. The first-order chi connectivity index (χ1) is 12.2. The zero-order chi connectivity index (χ0) is 18.9. The van der Waals surface area contributed by atoms with Crippen LogP contribution in [0.3, 0.4) is 0 Å². The molecule has 3 fully saturated rings. The van der Waals surface area contributed by atoms with Crippen molar-refractivity contribution in [2.24, 2.45) is 34.5 Å². The van der Waals surface area contributed by atoms with E-state index in [0.717, 1.165) is 37.7 Å². The number of rotatable bonds is 2. The first-order valence-electron chi connectivity index (χ1n) is 10.1. The molecular formula is C22H30O4. The van der Waals surface area contributed by atoms with E-state index in [1.807, 2.05) is 6.92 Å². The van der Waals surface area contributed by atoms with E-state index in [4.69, 9.17) is 0 Å². The minimum absolute atomic E-state index is 0.0505. The van der Waals surface area contributed by atoms with Crippen molar-refractivity contribution in [2.45, 2.75) is 65.4 Å². The van der Waals surface area contributed by atoms with Crippen LogP contribution in [0.1, 0.15) is 59.3 Å². The molecule has 4 nitrogen and oxygen atoms in total. The van der Waals surface area contributed by atoms with Crippen molar-refractivity contribution in [3.63, 3.8) is 0 Å². The first kappa shape index (κ1) is 18.0. The summed E-state index contributed by atoms with van der Waals surface area (Å²) in [5.74, 6) is 0.330. The van der Waals surface area contributed by atoms with Gasteiger partial charge in [-0.05, 0) is 73.3 Å². The van der Waals surface area contributed by atoms with Crippen molar-refractivity contribution < 1.29 is 19.8 Å². The van der Waals surface area contributed by atoms with Crippen molar-refractivity contribution in [3.8, 4) is 0 Å². The van der Waals surface area contributed by atoms with Gasteiger partial charge in [-0.25, -0.2) is 4.79 Å². The highest BCUT2D eigenvalue weighted by molar-refractivity contribution is 6.08. The summed E-state index contributed by atoms with van der Waals surface area (Å²) in [7, 11) is 0. The Bertz CT molecular complexity index is 720. The van der Waals surface area contributed by atoms with Gasteiger partial charge in [-0.1, -0.05) is 32.8 Å². The normalized spacial score (nSPS) is 47.4. The van der Waals surface area contributed by atoms with Crippen LogP contribution in [0.15, 0.2) is 23.3 Å². The lowest BCUT2D eigenvalue weighted by molar-refractivity contribution is -0.141. The van der Waals surface area contributed by atoms with Gasteiger partial charge in [-0.2, -0.15) is 0 Å². The monoisotopic (exact) mass is 358 g/mol. The Hall–Kier alpha value is -1.42. The molecule has 0 radical (unpaired) electrons. The lowest BCUT2D eigenvalue weighted by atomic mass is 9.45. The van der Waals surface area contributed by atoms with Gasteiger partial charge in [0, 0.05) is 5.41 Å². The summed E-state index contributed by atoms with van der Waals surface area (Å²) in [6, 6.07) is 0. The number of aliphatic hydroxyl groups excluding tert-OH is 1. The summed E-state index contributed by atoms with van der Waals surface area (Å²) in [5, 5.41) is 21.0. The van der Waals surface area contributed by atoms with E-state index in [-0.39, 0.29) is 22.7 Å². The first-order valence-corrected chi connectivity index (χ1v) is 10.1. The molecule has 0 spiro atoms. The van der Waals surface area contributed by atoms with Crippen molar-refractivity contribution in [1.82, 2.24) is 0 Å². The Morgan fingerprint density at radius 3 is 2.58 bits per heavy atom. The average molecular weight is 358 g/mol. The molecule has 2 N–H and O–H groups in total. The standard InChI is InChI=1S/C22H30O4/c1-4-12-6-8-16-15-7-5-13-9-14(23)10-18(20(25)26)21(13,2)17(15)11-19(24)22(12,16)3/h9-10,12,15-17,19,24H,4-8,11H2,1-3H3,(H,25,26)/t12-,15-,16-,17-,19?,21-,22+/m0/s1. The molecule has 0 heterocycles. The van der Waals surface area contributed by atoms with Crippen LogP contribution in [-0.2, 0) is 9.59 Å². The number of allylic oxidation sites excluding steroid dienone is 3. The third-order valence-electron chi connectivity index (χ3n) is 8.78. The van der Waals surface area contributed by atoms with Gasteiger partial charge in [-0.15, -0.1) is 0 Å². The molecule has 0 aromatic carbocycles. The second-order valence-corrected chi connectivity index (χ2v) is 9.35. The Balaban J connectivity index is 1.79. The van der Waals surface area contributed by atoms with Crippen LogP contribution in [0.4, 0.5) is 0 Å². The van der Waals surface area contributed by atoms with E-state index in [9.17, 15) is 19.8 Å². The zero-order valence-electron chi connectivity index (χ0n) is 16.0. The molecule has 3 saturated carbocycles. The Labute approximate surface area is 155 Å². The summed E-state index contributed by atoms with van der Waals surface area (Å²) in [6.07, 6.45) is 8.42. The summed E-state index contributed by atoms with van der Waals surface area (Å²) >= 11 is 0. The highest BCUT2D eigenvalue weighted by Crippen LogP contribution is 2.67. The van der Waals surface area contributed by atoms with E-state index in [0.29, 0.717) is 24.2 Å². The predicted molar refractivity (Wildman–Crippen MR) is 98.4 cm³/mol. The number of hydrogen-bond acceptors (Lipinski definition) is 3. The summed E-state index contributed by atoms with van der Waals surface area (Å²) in [5.41, 5.74) is 0.514. The van der Waals surface area contributed by atoms with Crippen molar-refractivity contribution in [1.29, 1.82) is 0 Å². The average Bonchev–Trinajstić information content (AvgIpc) is 2.94. The molecule has 4 heteroatoms. The van der Waals surface area contributed by atoms with Crippen molar-refractivity contribution in [3.05, 3.63) is 23.3 Å². The highest BCUT2D eigenvalue weighted by Gasteiger charge is 2.63. The largest absolute Gasteiger partial charge is 0.478 e. The van der Waals surface area contributed by atoms with Gasteiger partial charge in [0.25, 0.3) is 0 Å². The minimum atomic E-state index is -0.993. The van der Waals surface area contributed by atoms with E-state index in [1.165, 1.54) is 6.08 Å². The van der Waals surface area contributed by atoms with E-state index >= 15 is 0 Å². The molecule has 4 rings (SSSR count). The van der Waals surface area contributed by atoms with E-state index in [1.54, 1.807) is 6.08 Å². The minimum Gasteiger partial charge on any atom is -0.478 e. The quantitative estimate of drug-likeness (QED) is 0.788. The van der Waals surface area contributed by atoms with Gasteiger partial charge in [0.2, 0.25) is 0 Å². The molecule has 7 atom stereocenters. The fraction of sp³-hybridized carbons (Fsp3) is 0.727. The number of fused-ring (bicyclic) bond motifs is 5. The lowest BCUT2D eigenvalue weighted by Gasteiger charge is -2.59. The molecule has 0 aromatic heterocycles. The van der Waals surface area contributed by atoms with Crippen molar-refractivity contribution in [2.75, 3.05) is 0 Å². The molecular weight excluding hydrogens is 328 g/mol. The highest BCUT2D eigenvalue weighted by atomic mass is 16.4. The number of hydrogen-bond donors (Lipinski definition) is 2. The zero-order valence-corrected chi connectivity index (χ0v) is 16.0. The number of carbonyl (C=O) groups is 2. The summed E-state index contributed by atoms with van der Waals surface area (Å²) in [4.78, 5) is 24.0. The van der Waals surface area contributed by atoms with E-state index in [2.05, 4.69) is 13.8 Å². The maximum absolute atomic E-state index is 12.0.